The smallest absolute Gasteiger partial charge is 0.257 e. The van der Waals surface area contributed by atoms with E-state index < -0.39 is 0 Å². The van der Waals surface area contributed by atoms with Gasteiger partial charge >= 0.3 is 0 Å². The van der Waals surface area contributed by atoms with E-state index in [1.165, 1.54) is 0 Å². The summed E-state index contributed by atoms with van der Waals surface area (Å²) in [5.41, 5.74) is 1.19. The van der Waals surface area contributed by atoms with E-state index in [2.05, 4.69) is 10.1 Å². The van der Waals surface area contributed by atoms with Crippen molar-refractivity contribution in [3.8, 4) is 5.75 Å². The van der Waals surface area contributed by atoms with Crippen LogP contribution in [0.15, 0.2) is 22.7 Å². The third kappa shape index (κ3) is 2.91. The molecule has 27 heavy (non-hydrogen) atoms. The number of likely N-dealkylation sites (tertiary alicyclic amines) is 1. The van der Waals surface area contributed by atoms with Gasteiger partial charge in [0.05, 0.1) is 11.0 Å². The van der Waals surface area contributed by atoms with E-state index in [1.807, 2.05) is 37.8 Å². The van der Waals surface area contributed by atoms with Crippen LogP contribution in [0.25, 0.3) is 0 Å². The molecule has 4 rings (SSSR count). The average Bonchev–Trinajstić information content (AvgIpc) is 3.35. The minimum Gasteiger partial charge on any atom is -0.507 e. The molecule has 2 aliphatic rings. The summed E-state index contributed by atoms with van der Waals surface area (Å²) in [5, 5.41) is 14.4. The van der Waals surface area contributed by atoms with Crippen molar-refractivity contribution in [2.75, 3.05) is 13.1 Å². The zero-order chi connectivity index (χ0) is 19.2. The van der Waals surface area contributed by atoms with Gasteiger partial charge in [0.25, 0.3) is 5.91 Å². The van der Waals surface area contributed by atoms with Crippen LogP contribution in [0.3, 0.4) is 0 Å². The molecule has 1 N–H and O–H groups in total. The molecule has 2 fully saturated rings. The predicted molar refractivity (Wildman–Crippen MR) is 101 cm³/mol. The van der Waals surface area contributed by atoms with Crippen LogP contribution in [-0.2, 0) is 11.8 Å². The molecule has 144 valence electrons. The molecule has 1 saturated carbocycles. The summed E-state index contributed by atoms with van der Waals surface area (Å²) in [7, 11) is 0. The zero-order valence-electron chi connectivity index (χ0n) is 16.2. The minimum atomic E-state index is -0.242. The predicted octanol–water partition coefficient (Wildman–Crippen LogP) is 3.65. The molecule has 0 bridgehead atoms. The van der Waals surface area contributed by atoms with Crippen LogP contribution in [0.4, 0.5) is 0 Å². The van der Waals surface area contributed by atoms with Crippen molar-refractivity contribution < 1.29 is 14.4 Å². The monoisotopic (exact) mass is 369 g/mol. The molecular weight excluding hydrogens is 342 g/mol. The molecule has 2 atom stereocenters. The fourth-order valence-corrected chi connectivity index (χ4v) is 4.61. The Morgan fingerprint density at radius 1 is 1.44 bits per heavy atom. The van der Waals surface area contributed by atoms with Gasteiger partial charge < -0.3 is 14.5 Å². The maximum absolute atomic E-state index is 13.2. The quantitative estimate of drug-likeness (QED) is 0.890. The lowest BCUT2D eigenvalue weighted by atomic mass is 9.80. The molecule has 0 spiro atoms. The molecule has 1 aliphatic carbocycles. The Labute approximate surface area is 159 Å². The van der Waals surface area contributed by atoms with E-state index in [0.717, 1.165) is 37.1 Å². The van der Waals surface area contributed by atoms with E-state index in [1.54, 1.807) is 6.07 Å². The van der Waals surface area contributed by atoms with Gasteiger partial charge in [-0.2, -0.15) is 4.98 Å². The third-order valence-electron chi connectivity index (χ3n) is 6.24. The molecule has 1 saturated heterocycles. The second kappa shape index (κ2) is 6.66. The number of phenols is 1. The number of aryl methyl sites for hydroxylation is 1. The van der Waals surface area contributed by atoms with Gasteiger partial charge in [-0.1, -0.05) is 38.4 Å². The summed E-state index contributed by atoms with van der Waals surface area (Å²) in [6.07, 6.45) is 3.96. The molecule has 2 aromatic rings. The van der Waals surface area contributed by atoms with E-state index >= 15 is 0 Å². The van der Waals surface area contributed by atoms with Crippen molar-refractivity contribution in [3.63, 3.8) is 0 Å². The SMILES string of the molecule is CCc1ccc(O)c(C(=O)N2C[C@H]3CCC[C@@]3(c3nc(C(C)C)no3)C2)c1. The Morgan fingerprint density at radius 3 is 2.96 bits per heavy atom. The third-order valence-corrected chi connectivity index (χ3v) is 6.24. The van der Waals surface area contributed by atoms with Crippen molar-refractivity contribution >= 4 is 5.91 Å². The van der Waals surface area contributed by atoms with Crippen LogP contribution in [-0.4, -0.2) is 39.1 Å². The molecule has 1 aliphatic heterocycles. The van der Waals surface area contributed by atoms with E-state index in [0.29, 0.717) is 30.5 Å². The second-order valence-corrected chi connectivity index (χ2v) is 8.25. The number of aromatic nitrogens is 2. The maximum Gasteiger partial charge on any atom is 0.257 e. The molecule has 0 unspecified atom stereocenters. The highest BCUT2D eigenvalue weighted by atomic mass is 16.5. The number of aromatic hydroxyl groups is 1. The van der Waals surface area contributed by atoms with Gasteiger partial charge in [-0.15, -0.1) is 0 Å². The summed E-state index contributed by atoms with van der Waals surface area (Å²) in [5.74, 6) is 1.88. The fourth-order valence-electron chi connectivity index (χ4n) is 4.61. The first kappa shape index (κ1) is 18.0. The first-order valence-electron chi connectivity index (χ1n) is 9.90. The maximum atomic E-state index is 13.2. The topological polar surface area (TPSA) is 79.5 Å². The Morgan fingerprint density at radius 2 is 2.26 bits per heavy atom. The van der Waals surface area contributed by atoms with E-state index in [4.69, 9.17) is 4.52 Å². The van der Waals surface area contributed by atoms with Gasteiger partial charge in [0.1, 0.15) is 5.75 Å². The van der Waals surface area contributed by atoms with Gasteiger partial charge in [-0.05, 0) is 42.9 Å². The van der Waals surface area contributed by atoms with Crippen LogP contribution in [0, 0.1) is 5.92 Å². The number of rotatable bonds is 4. The second-order valence-electron chi connectivity index (χ2n) is 8.25. The molecular formula is C21H27N3O3. The van der Waals surface area contributed by atoms with E-state index in [9.17, 15) is 9.90 Å². The number of carbonyl (C=O) groups is 1. The molecule has 6 nitrogen and oxygen atoms in total. The molecule has 6 heteroatoms. The lowest BCUT2D eigenvalue weighted by Gasteiger charge is -2.24. The highest BCUT2D eigenvalue weighted by molar-refractivity contribution is 5.97. The van der Waals surface area contributed by atoms with Gasteiger partial charge in [-0.3, -0.25) is 4.79 Å². The van der Waals surface area contributed by atoms with Crippen molar-refractivity contribution in [1.82, 2.24) is 15.0 Å². The Kier molecular flexibility index (Phi) is 4.44. The number of hydrogen-bond acceptors (Lipinski definition) is 5. The molecule has 1 aromatic carbocycles. The number of amides is 1. The van der Waals surface area contributed by atoms with Gasteiger partial charge in [0.15, 0.2) is 5.82 Å². The van der Waals surface area contributed by atoms with Gasteiger partial charge in [0.2, 0.25) is 5.89 Å². The normalized spacial score (nSPS) is 24.6. The van der Waals surface area contributed by atoms with Crippen molar-refractivity contribution in [2.45, 2.75) is 57.8 Å². The van der Waals surface area contributed by atoms with Gasteiger partial charge in [0, 0.05) is 19.0 Å². The first-order valence-corrected chi connectivity index (χ1v) is 9.90. The van der Waals surface area contributed by atoms with Crippen LogP contribution in [0.1, 0.15) is 73.6 Å². The Bertz CT molecular complexity index is 860. The number of nitrogens with zero attached hydrogens (tertiary/aromatic N) is 3. The molecule has 1 amide bonds. The number of carbonyl (C=O) groups excluding carboxylic acids is 1. The van der Waals surface area contributed by atoms with Crippen LogP contribution in [0.2, 0.25) is 0 Å². The number of fused-ring (bicyclic) bond motifs is 1. The van der Waals surface area contributed by atoms with Crippen LogP contribution < -0.4 is 0 Å². The Balaban J connectivity index is 1.63. The molecule has 0 radical (unpaired) electrons. The zero-order valence-corrected chi connectivity index (χ0v) is 16.2. The van der Waals surface area contributed by atoms with Crippen molar-refractivity contribution in [3.05, 3.63) is 41.0 Å². The minimum absolute atomic E-state index is 0.0446. The number of benzene rings is 1. The lowest BCUT2D eigenvalue weighted by Crippen LogP contribution is -2.35. The summed E-state index contributed by atoms with van der Waals surface area (Å²) in [4.78, 5) is 19.7. The molecule has 2 heterocycles. The molecule has 1 aromatic heterocycles. The lowest BCUT2D eigenvalue weighted by molar-refractivity contribution is 0.0772. The highest BCUT2D eigenvalue weighted by Crippen LogP contribution is 2.50. The highest BCUT2D eigenvalue weighted by Gasteiger charge is 2.55. The Hall–Kier alpha value is -2.37. The summed E-state index contributed by atoms with van der Waals surface area (Å²) >= 11 is 0. The van der Waals surface area contributed by atoms with Crippen LogP contribution in [0.5, 0.6) is 5.75 Å². The van der Waals surface area contributed by atoms with Crippen LogP contribution >= 0.6 is 0 Å². The van der Waals surface area contributed by atoms with E-state index in [-0.39, 0.29) is 23.0 Å². The summed E-state index contributed by atoms with van der Waals surface area (Å²) in [6.45, 7) is 7.39. The standard InChI is InChI=1S/C21H27N3O3/c1-4-14-7-8-17(25)16(10-14)19(26)24-11-15-6-5-9-21(15,12-24)20-22-18(13(2)3)23-27-20/h7-8,10,13,15,25H,4-6,9,11-12H2,1-3H3/t15-,21-/m1/s1. The van der Waals surface area contributed by atoms with Gasteiger partial charge in [-0.25, -0.2) is 0 Å². The summed E-state index contributed by atoms with van der Waals surface area (Å²) < 4.78 is 5.66. The number of phenolic OH excluding ortho intramolecular Hbond substituents is 1. The number of hydrogen-bond donors (Lipinski definition) is 1. The van der Waals surface area contributed by atoms with Crippen molar-refractivity contribution in [1.29, 1.82) is 0 Å². The fraction of sp³-hybridized carbons (Fsp3) is 0.571. The van der Waals surface area contributed by atoms with Crippen molar-refractivity contribution in [2.24, 2.45) is 5.92 Å². The summed E-state index contributed by atoms with van der Waals surface area (Å²) in [6, 6.07) is 5.28. The largest absolute Gasteiger partial charge is 0.507 e. The average molecular weight is 369 g/mol. The first-order chi connectivity index (χ1) is 12.9.